The molecule has 36 heavy (non-hydrogen) atoms. The molecule has 5 heteroatoms. The standard InChI is InChI=1S/C31H32Cl2N2O/c1-7-35(8-2)19(3)28-24-17-23(20-13-15-21(32)16-14-20)29(22-11-9-10-12-26(22)33)34-27(24)18-25(28)30(36)31(4,5)6/h9-17H,3,7-8,18H2,1-2,4-6H3. The molecule has 1 aromatic heterocycles. The van der Waals surface area contributed by atoms with Gasteiger partial charge >= 0.3 is 0 Å². The van der Waals surface area contributed by atoms with E-state index < -0.39 is 5.41 Å². The molecule has 0 saturated carbocycles. The second kappa shape index (κ2) is 10.2. The molecule has 0 spiro atoms. The van der Waals surface area contributed by atoms with Crippen molar-refractivity contribution >= 4 is 34.6 Å². The van der Waals surface area contributed by atoms with E-state index in [1.807, 2.05) is 69.3 Å². The molecule has 3 aromatic rings. The first kappa shape index (κ1) is 26.2. The van der Waals surface area contributed by atoms with Crippen molar-refractivity contribution in [3.05, 3.63) is 93.7 Å². The van der Waals surface area contributed by atoms with Crippen molar-refractivity contribution in [3.63, 3.8) is 0 Å². The molecule has 0 saturated heterocycles. The van der Waals surface area contributed by atoms with E-state index in [1.165, 1.54) is 0 Å². The second-order valence-corrected chi connectivity index (χ2v) is 10.9. The first-order valence-electron chi connectivity index (χ1n) is 12.3. The Hall–Kier alpha value is -2.88. The van der Waals surface area contributed by atoms with Gasteiger partial charge < -0.3 is 4.90 Å². The smallest absolute Gasteiger partial charge is 0.165 e. The van der Waals surface area contributed by atoms with Gasteiger partial charge in [-0.1, -0.05) is 80.9 Å². The lowest BCUT2D eigenvalue weighted by molar-refractivity contribution is -0.122. The molecule has 186 valence electrons. The highest BCUT2D eigenvalue weighted by molar-refractivity contribution is 6.33. The zero-order chi connectivity index (χ0) is 26.2. The van der Waals surface area contributed by atoms with Crippen molar-refractivity contribution < 1.29 is 4.79 Å². The minimum absolute atomic E-state index is 0.121. The maximum absolute atomic E-state index is 13.7. The predicted molar refractivity (Wildman–Crippen MR) is 152 cm³/mol. The van der Waals surface area contributed by atoms with Crippen LogP contribution in [0.5, 0.6) is 0 Å². The molecule has 3 nitrogen and oxygen atoms in total. The summed E-state index contributed by atoms with van der Waals surface area (Å²) in [6.07, 6.45) is 0.472. The van der Waals surface area contributed by atoms with E-state index in [2.05, 4.69) is 31.4 Å². The number of hydrogen-bond donors (Lipinski definition) is 0. The van der Waals surface area contributed by atoms with Crippen LogP contribution in [0.2, 0.25) is 10.0 Å². The Bertz CT molecular complexity index is 1360. The third-order valence-electron chi connectivity index (χ3n) is 6.69. The molecule has 0 atom stereocenters. The van der Waals surface area contributed by atoms with Crippen molar-refractivity contribution in [2.45, 2.75) is 41.0 Å². The number of halogens is 2. The lowest BCUT2D eigenvalue weighted by Crippen LogP contribution is -2.26. The van der Waals surface area contributed by atoms with Crippen molar-refractivity contribution in [3.8, 4) is 22.4 Å². The second-order valence-electron chi connectivity index (χ2n) is 10.1. The molecular formula is C31H32Cl2N2O. The summed E-state index contributed by atoms with van der Waals surface area (Å²) in [5.41, 5.74) is 7.42. The number of carbonyl (C=O) groups excluding carboxylic acids is 1. The first-order valence-corrected chi connectivity index (χ1v) is 13.1. The average molecular weight is 520 g/mol. The van der Waals surface area contributed by atoms with E-state index in [9.17, 15) is 4.79 Å². The van der Waals surface area contributed by atoms with Crippen LogP contribution in [0.15, 0.2) is 72.4 Å². The fraction of sp³-hybridized carbons (Fsp3) is 0.290. The predicted octanol–water partition coefficient (Wildman–Crippen LogP) is 8.50. The van der Waals surface area contributed by atoms with Gasteiger partial charge in [-0.3, -0.25) is 9.78 Å². The van der Waals surface area contributed by atoms with E-state index in [-0.39, 0.29) is 5.78 Å². The lowest BCUT2D eigenvalue weighted by atomic mass is 9.84. The summed E-state index contributed by atoms with van der Waals surface area (Å²) in [6.45, 7) is 16.2. The molecule has 1 aliphatic carbocycles. The monoisotopic (exact) mass is 518 g/mol. The van der Waals surface area contributed by atoms with E-state index in [0.717, 1.165) is 63.6 Å². The van der Waals surface area contributed by atoms with Crippen LogP contribution < -0.4 is 0 Å². The van der Waals surface area contributed by atoms with Crippen LogP contribution in [0.25, 0.3) is 28.0 Å². The Balaban J connectivity index is 2.01. The van der Waals surface area contributed by atoms with Gasteiger partial charge in [0.2, 0.25) is 0 Å². The van der Waals surface area contributed by atoms with E-state index in [1.54, 1.807) is 0 Å². The Morgan fingerprint density at radius 3 is 2.19 bits per heavy atom. The van der Waals surface area contributed by atoms with Crippen LogP contribution in [0, 0.1) is 5.41 Å². The fourth-order valence-corrected chi connectivity index (χ4v) is 5.12. The normalized spacial score (nSPS) is 13.1. The molecule has 4 rings (SSSR count). The summed E-state index contributed by atoms with van der Waals surface area (Å²) < 4.78 is 0. The van der Waals surface area contributed by atoms with Crippen LogP contribution in [0.4, 0.5) is 0 Å². The maximum atomic E-state index is 13.7. The van der Waals surface area contributed by atoms with Gasteiger partial charge in [0.15, 0.2) is 5.78 Å². The molecule has 2 aromatic carbocycles. The summed E-state index contributed by atoms with van der Waals surface area (Å²) in [5, 5.41) is 1.30. The lowest BCUT2D eigenvalue weighted by Gasteiger charge is -2.27. The van der Waals surface area contributed by atoms with Crippen LogP contribution >= 0.6 is 23.2 Å². The van der Waals surface area contributed by atoms with E-state index in [0.29, 0.717) is 16.5 Å². The number of Topliss-reactive ketones (excluding diaryl/α,β-unsaturated/α-hetero) is 1. The van der Waals surface area contributed by atoms with Gasteiger partial charge in [-0.25, -0.2) is 0 Å². The van der Waals surface area contributed by atoms with E-state index in [4.69, 9.17) is 28.2 Å². The van der Waals surface area contributed by atoms with Crippen LogP contribution in [0.1, 0.15) is 45.9 Å². The largest absolute Gasteiger partial charge is 0.372 e. The molecule has 0 fully saturated rings. The van der Waals surface area contributed by atoms with Crippen molar-refractivity contribution in [2.75, 3.05) is 13.1 Å². The van der Waals surface area contributed by atoms with Crippen molar-refractivity contribution in [1.29, 1.82) is 0 Å². The van der Waals surface area contributed by atoms with Gasteiger partial charge in [0.25, 0.3) is 0 Å². The average Bonchev–Trinajstić information content (AvgIpc) is 3.22. The number of pyridine rings is 1. The zero-order valence-electron chi connectivity index (χ0n) is 21.6. The number of nitrogens with zero attached hydrogens (tertiary/aromatic N) is 2. The topological polar surface area (TPSA) is 33.2 Å². The maximum Gasteiger partial charge on any atom is 0.165 e. The summed E-state index contributed by atoms with van der Waals surface area (Å²) >= 11 is 12.8. The fourth-order valence-electron chi connectivity index (χ4n) is 4.77. The van der Waals surface area contributed by atoms with Crippen LogP contribution in [0.3, 0.4) is 0 Å². The zero-order valence-corrected chi connectivity index (χ0v) is 23.1. The number of fused-ring (bicyclic) bond motifs is 1. The third-order valence-corrected chi connectivity index (χ3v) is 7.27. The molecule has 1 heterocycles. The molecule has 0 radical (unpaired) electrons. The van der Waals surface area contributed by atoms with Gasteiger partial charge in [0.1, 0.15) is 0 Å². The highest BCUT2D eigenvalue weighted by atomic mass is 35.5. The van der Waals surface area contributed by atoms with Gasteiger partial charge in [0.05, 0.1) is 11.4 Å². The molecule has 1 aliphatic rings. The van der Waals surface area contributed by atoms with Gasteiger partial charge in [-0.2, -0.15) is 0 Å². The highest BCUT2D eigenvalue weighted by Gasteiger charge is 2.36. The quantitative estimate of drug-likeness (QED) is 0.314. The molecule has 0 bridgehead atoms. The number of likely N-dealkylation sites (N-methyl/N-ethyl adjacent to an activating group) is 1. The summed E-state index contributed by atoms with van der Waals surface area (Å²) in [7, 11) is 0. The molecule has 0 aliphatic heterocycles. The van der Waals surface area contributed by atoms with E-state index >= 15 is 0 Å². The molecule has 0 amide bonds. The number of benzene rings is 2. The van der Waals surface area contributed by atoms with Gasteiger partial charge in [0, 0.05) is 68.5 Å². The number of rotatable bonds is 7. The highest BCUT2D eigenvalue weighted by Crippen LogP contribution is 2.45. The molecule has 0 unspecified atom stereocenters. The minimum Gasteiger partial charge on any atom is -0.372 e. The van der Waals surface area contributed by atoms with Crippen molar-refractivity contribution in [1.82, 2.24) is 9.88 Å². The Labute approximate surface area is 224 Å². The third kappa shape index (κ3) is 4.87. The summed E-state index contributed by atoms with van der Waals surface area (Å²) in [5.74, 6) is 0.121. The molecule has 0 N–H and O–H groups in total. The summed E-state index contributed by atoms with van der Waals surface area (Å²) in [4.78, 5) is 21.0. The first-order chi connectivity index (χ1) is 17.1. The van der Waals surface area contributed by atoms with Gasteiger partial charge in [-0.15, -0.1) is 0 Å². The number of aromatic nitrogens is 1. The van der Waals surface area contributed by atoms with Gasteiger partial charge in [-0.05, 0) is 43.7 Å². The number of allylic oxidation sites excluding steroid dienone is 2. The van der Waals surface area contributed by atoms with Crippen LogP contribution in [-0.4, -0.2) is 28.8 Å². The molecular weight excluding hydrogens is 487 g/mol. The number of carbonyl (C=O) groups is 1. The Morgan fingerprint density at radius 2 is 1.61 bits per heavy atom. The Kier molecular flexibility index (Phi) is 7.45. The van der Waals surface area contributed by atoms with Crippen LogP contribution in [-0.2, 0) is 11.2 Å². The Morgan fingerprint density at radius 1 is 0.972 bits per heavy atom. The van der Waals surface area contributed by atoms with Crippen molar-refractivity contribution in [2.24, 2.45) is 5.41 Å². The number of hydrogen-bond acceptors (Lipinski definition) is 3. The summed E-state index contributed by atoms with van der Waals surface area (Å²) in [6, 6.07) is 17.6. The number of ketones is 1. The SMILES string of the molecule is C=C(C1=C(C(=O)C(C)(C)C)Cc2nc(-c3ccccc3Cl)c(-c3ccc(Cl)cc3)cc21)N(CC)CC. The minimum atomic E-state index is -0.517.